The van der Waals surface area contributed by atoms with Gasteiger partial charge < -0.3 is 4.55 Å². The molecule has 1 N–H and O–H groups in total. The molecule has 3 unspecified atom stereocenters. The Kier molecular flexibility index (Phi) is 2.47. The maximum Gasteiger partial charge on any atom is 0.156 e. The van der Waals surface area contributed by atoms with Gasteiger partial charge in [-0.1, -0.05) is 30.3 Å². The first-order chi connectivity index (χ1) is 6.27. The van der Waals surface area contributed by atoms with Gasteiger partial charge in [-0.2, -0.15) is 0 Å². The van der Waals surface area contributed by atoms with Crippen LogP contribution < -0.4 is 0 Å². The quantitative estimate of drug-likeness (QED) is 0.749. The van der Waals surface area contributed by atoms with Gasteiger partial charge in [-0.25, -0.2) is 4.21 Å². The summed E-state index contributed by atoms with van der Waals surface area (Å²) in [6, 6.07) is 10.1. The molecule has 0 bridgehead atoms. The summed E-state index contributed by atoms with van der Waals surface area (Å²) in [7, 11) is 0. The molecule has 0 spiro atoms. The lowest BCUT2D eigenvalue weighted by atomic mass is 10.1. The first-order valence-corrected chi connectivity index (χ1v) is 5.58. The maximum absolute atomic E-state index is 10.7. The van der Waals surface area contributed by atoms with Crippen molar-refractivity contribution >= 4 is 11.1 Å². The Labute approximate surface area is 80.3 Å². The molecular weight excluding hydrogens is 184 g/mol. The van der Waals surface area contributed by atoms with E-state index >= 15 is 0 Å². The van der Waals surface area contributed by atoms with Gasteiger partial charge in [0.15, 0.2) is 11.1 Å². The first-order valence-electron chi connectivity index (χ1n) is 4.41. The van der Waals surface area contributed by atoms with E-state index in [4.69, 9.17) is 4.55 Å². The number of hydrogen-bond donors (Lipinski definition) is 1. The molecule has 70 valence electrons. The normalized spacial score (nSPS) is 28.4. The molecule has 0 amide bonds. The Morgan fingerprint density at radius 2 is 2.08 bits per heavy atom. The minimum atomic E-state index is -1.61. The van der Waals surface area contributed by atoms with E-state index in [9.17, 15) is 4.21 Å². The molecule has 13 heavy (non-hydrogen) atoms. The van der Waals surface area contributed by atoms with Crippen LogP contribution in [-0.4, -0.2) is 14.0 Å². The summed E-state index contributed by atoms with van der Waals surface area (Å²) in [5, 5.41) is 0.0280. The second kappa shape index (κ2) is 3.60. The van der Waals surface area contributed by atoms with Gasteiger partial charge in [0.1, 0.15) is 0 Å². The third-order valence-electron chi connectivity index (χ3n) is 2.46. The number of hydrogen-bond acceptors (Lipinski definition) is 1. The Hall–Kier alpha value is -0.670. The smallest absolute Gasteiger partial charge is 0.156 e. The zero-order valence-corrected chi connectivity index (χ0v) is 8.04. The highest BCUT2D eigenvalue weighted by Gasteiger charge is 2.41. The predicted octanol–water partition coefficient (Wildman–Crippen LogP) is 1.84. The van der Waals surface area contributed by atoms with Crippen LogP contribution in [0.1, 0.15) is 12.0 Å². The SMILES string of the molecule is O=S(O)C1CC1Cc1ccccc1. The highest BCUT2D eigenvalue weighted by molar-refractivity contribution is 7.80. The van der Waals surface area contributed by atoms with E-state index < -0.39 is 11.1 Å². The largest absolute Gasteiger partial charge is 0.306 e. The number of benzene rings is 1. The molecule has 0 aliphatic heterocycles. The van der Waals surface area contributed by atoms with Crippen molar-refractivity contribution in [3.8, 4) is 0 Å². The molecule has 3 heteroatoms. The first kappa shape index (κ1) is 8.91. The molecule has 1 fully saturated rings. The van der Waals surface area contributed by atoms with E-state index in [1.54, 1.807) is 0 Å². The standard InChI is InChI=1S/C10H12O2S/c11-13(12)10-7-9(10)6-8-4-2-1-3-5-8/h1-5,9-10H,6-7H2,(H,11,12). The lowest BCUT2D eigenvalue weighted by molar-refractivity contribution is 0.560. The predicted molar refractivity (Wildman–Crippen MR) is 52.8 cm³/mol. The van der Waals surface area contributed by atoms with Crippen LogP contribution in [0, 0.1) is 5.92 Å². The fraction of sp³-hybridized carbons (Fsp3) is 0.400. The van der Waals surface area contributed by atoms with Gasteiger partial charge in [0.25, 0.3) is 0 Å². The van der Waals surface area contributed by atoms with Crippen LogP contribution in [-0.2, 0) is 17.5 Å². The lowest BCUT2D eigenvalue weighted by Crippen LogP contribution is -1.99. The van der Waals surface area contributed by atoms with Gasteiger partial charge in [0.05, 0.1) is 5.25 Å². The zero-order chi connectivity index (χ0) is 9.26. The highest BCUT2D eigenvalue weighted by atomic mass is 32.2. The molecule has 1 aromatic carbocycles. The summed E-state index contributed by atoms with van der Waals surface area (Å²) >= 11 is -1.61. The molecule has 2 nitrogen and oxygen atoms in total. The van der Waals surface area contributed by atoms with Crippen molar-refractivity contribution in [1.82, 2.24) is 0 Å². The molecule has 1 aliphatic rings. The molecule has 1 aliphatic carbocycles. The van der Waals surface area contributed by atoms with Crippen molar-refractivity contribution in [3.63, 3.8) is 0 Å². The van der Waals surface area contributed by atoms with Crippen LogP contribution in [0.25, 0.3) is 0 Å². The topological polar surface area (TPSA) is 37.3 Å². The van der Waals surface area contributed by atoms with E-state index in [1.807, 2.05) is 18.2 Å². The monoisotopic (exact) mass is 196 g/mol. The Balaban J connectivity index is 1.92. The Bertz CT molecular complexity index is 310. The van der Waals surface area contributed by atoms with Gasteiger partial charge in [0.2, 0.25) is 0 Å². The summed E-state index contributed by atoms with van der Waals surface area (Å²) in [6.45, 7) is 0. The molecule has 0 saturated heterocycles. The number of rotatable bonds is 3. The van der Waals surface area contributed by atoms with Crippen LogP contribution in [0.3, 0.4) is 0 Å². The van der Waals surface area contributed by atoms with Gasteiger partial charge in [-0.05, 0) is 24.3 Å². The van der Waals surface area contributed by atoms with E-state index in [-0.39, 0.29) is 5.25 Å². The summed E-state index contributed by atoms with van der Waals surface area (Å²) in [4.78, 5) is 0. The molecule has 3 atom stereocenters. The van der Waals surface area contributed by atoms with Crippen molar-refractivity contribution in [3.05, 3.63) is 35.9 Å². The average molecular weight is 196 g/mol. The van der Waals surface area contributed by atoms with Crippen LogP contribution in [0.4, 0.5) is 0 Å². The van der Waals surface area contributed by atoms with Crippen molar-refractivity contribution in [1.29, 1.82) is 0 Å². The molecular formula is C10H12O2S. The minimum absolute atomic E-state index is 0.0280. The van der Waals surface area contributed by atoms with Crippen molar-refractivity contribution in [2.24, 2.45) is 5.92 Å². The Morgan fingerprint density at radius 3 is 2.62 bits per heavy atom. The van der Waals surface area contributed by atoms with E-state index in [0.717, 1.165) is 12.8 Å². The van der Waals surface area contributed by atoms with Gasteiger partial charge >= 0.3 is 0 Å². The van der Waals surface area contributed by atoms with Gasteiger partial charge in [-0.3, -0.25) is 0 Å². The maximum atomic E-state index is 10.7. The summed E-state index contributed by atoms with van der Waals surface area (Å²) in [6.07, 6.45) is 1.84. The van der Waals surface area contributed by atoms with Gasteiger partial charge in [0, 0.05) is 0 Å². The van der Waals surface area contributed by atoms with E-state index in [1.165, 1.54) is 5.56 Å². The minimum Gasteiger partial charge on any atom is -0.306 e. The fourth-order valence-electron chi connectivity index (χ4n) is 1.60. The lowest BCUT2D eigenvalue weighted by Gasteiger charge is -1.97. The Morgan fingerprint density at radius 1 is 1.38 bits per heavy atom. The molecule has 1 saturated carbocycles. The second-order valence-corrected chi connectivity index (χ2v) is 4.66. The molecule has 0 radical (unpaired) electrons. The van der Waals surface area contributed by atoms with Crippen molar-refractivity contribution < 1.29 is 8.76 Å². The fourth-order valence-corrected chi connectivity index (χ4v) is 2.44. The molecule has 0 heterocycles. The van der Waals surface area contributed by atoms with Crippen LogP contribution in [0.15, 0.2) is 30.3 Å². The molecule has 0 aromatic heterocycles. The third-order valence-corrected chi connectivity index (χ3v) is 3.55. The second-order valence-electron chi connectivity index (χ2n) is 3.50. The van der Waals surface area contributed by atoms with Gasteiger partial charge in [-0.15, -0.1) is 0 Å². The molecule has 2 rings (SSSR count). The highest BCUT2D eigenvalue weighted by Crippen LogP contribution is 2.37. The summed E-state index contributed by atoms with van der Waals surface area (Å²) in [5.41, 5.74) is 1.26. The van der Waals surface area contributed by atoms with Crippen molar-refractivity contribution in [2.75, 3.05) is 0 Å². The zero-order valence-electron chi connectivity index (χ0n) is 7.22. The van der Waals surface area contributed by atoms with Crippen LogP contribution in [0.5, 0.6) is 0 Å². The van der Waals surface area contributed by atoms with Crippen LogP contribution >= 0.6 is 0 Å². The average Bonchev–Trinajstić information content (AvgIpc) is 2.86. The molecule has 1 aromatic rings. The van der Waals surface area contributed by atoms with Crippen LogP contribution in [0.2, 0.25) is 0 Å². The summed E-state index contributed by atoms with van der Waals surface area (Å²) < 4.78 is 19.5. The third kappa shape index (κ3) is 2.17. The summed E-state index contributed by atoms with van der Waals surface area (Å²) in [5.74, 6) is 0.424. The van der Waals surface area contributed by atoms with E-state index in [0.29, 0.717) is 5.92 Å². The van der Waals surface area contributed by atoms with Crippen molar-refractivity contribution in [2.45, 2.75) is 18.1 Å². The van der Waals surface area contributed by atoms with E-state index in [2.05, 4.69) is 12.1 Å².